The van der Waals surface area contributed by atoms with E-state index < -0.39 is 23.2 Å². The molecule has 0 amide bonds. The molecule has 0 saturated heterocycles. The van der Waals surface area contributed by atoms with E-state index >= 15 is 0 Å². The van der Waals surface area contributed by atoms with E-state index in [1.165, 1.54) is 36.9 Å². The number of carbonyl (C=O) groups is 1. The average Bonchev–Trinajstić information content (AvgIpc) is 3.20. The number of ether oxygens (including phenoxy) is 2. The number of fused-ring (bicyclic) bond motifs is 1. The van der Waals surface area contributed by atoms with Gasteiger partial charge in [-0.25, -0.2) is 23.5 Å². The van der Waals surface area contributed by atoms with Crippen molar-refractivity contribution in [3.05, 3.63) is 88.6 Å². The van der Waals surface area contributed by atoms with Gasteiger partial charge in [-0.1, -0.05) is 36.3 Å². The Kier molecular flexibility index (Phi) is 5.91. The number of methoxy groups -OCH3 is 1. The number of nitrogens with zero attached hydrogens (tertiary/aromatic N) is 3. The third-order valence-electron chi connectivity index (χ3n) is 4.85. The molecule has 0 fully saturated rings. The topological polar surface area (TPSA) is 91.7 Å². The Labute approximate surface area is 187 Å². The number of nitrogen functional groups attached to an aromatic ring is 1. The Morgan fingerprint density at radius 1 is 1.18 bits per heavy atom. The number of rotatable bonds is 4. The summed E-state index contributed by atoms with van der Waals surface area (Å²) in [6.07, 6.45) is 2.86. The second-order valence-corrected chi connectivity index (χ2v) is 7.03. The lowest BCUT2D eigenvalue weighted by atomic mass is 10.1. The van der Waals surface area contributed by atoms with E-state index in [2.05, 4.69) is 21.8 Å². The normalized spacial score (nSPS) is 10.5. The zero-order valence-electron chi connectivity index (χ0n) is 17.7. The van der Waals surface area contributed by atoms with Gasteiger partial charge in [-0.15, -0.1) is 0 Å². The van der Waals surface area contributed by atoms with Crippen LogP contribution in [0.4, 0.5) is 14.6 Å². The zero-order chi connectivity index (χ0) is 23.5. The van der Waals surface area contributed by atoms with Crippen molar-refractivity contribution in [1.82, 2.24) is 14.4 Å². The molecule has 2 aromatic heterocycles. The van der Waals surface area contributed by atoms with Crippen molar-refractivity contribution >= 4 is 17.3 Å². The van der Waals surface area contributed by atoms with E-state index in [0.29, 0.717) is 0 Å². The van der Waals surface area contributed by atoms with Gasteiger partial charge in [0.1, 0.15) is 29.2 Å². The molecule has 0 aliphatic rings. The molecule has 0 saturated carbocycles. The van der Waals surface area contributed by atoms with Gasteiger partial charge in [0.15, 0.2) is 17.4 Å². The maximum Gasteiger partial charge on any atom is 0.375 e. The molecular formula is C24H18F2N4O3. The molecule has 0 aliphatic carbocycles. The van der Waals surface area contributed by atoms with E-state index in [1.54, 1.807) is 0 Å². The Hall–Kier alpha value is -4.45. The molecule has 0 atom stereocenters. The highest BCUT2D eigenvalue weighted by atomic mass is 19.1. The SMILES string of the molecule is COc1cc(C)c(F)c(C#Cc2nc(C(=O)OCc3ccccc3)n3ccnc(N)c23)c1F. The smallest absolute Gasteiger partial charge is 0.375 e. The van der Waals surface area contributed by atoms with Gasteiger partial charge in [-0.2, -0.15) is 0 Å². The van der Waals surface area contributed by atoms with Crippen LogP contribution in [0.1, 0.15) is 33.0 Å². The maximum absolute atomic E-state index is 14.6. The van der Waals surface area contributed by atoms with E-state index in [4.69, 9.17) is 15.2 Å². The minimum absolute atomic E-state index is 0.0199. The van der Waals surface area contributed by atoms with Crippen molar-refractivity contribution in [3.63, 3.8) is 0 Å². The number of anilines is 1. The minimum Gasteiger partial charge on any atom is -0.494 e. The summed E-state index contributed by atoms with van der Waals surface area (Å²) in [5.74, 6) is 2.38. The highest BCUT2D eigenvalue weighted by Gasteiger charge is 2.21. The lowest BCUT2D eigenvalue weighted by molar-refractivity contribution is 0.0457. The van der Waals surface area contributed by atoms with Crippen LogP contribution in [0.25, 0.3) is 5.52 Å². The molecule has 7 nitrogen and oxygen atoms in total. The fraction of sp³-hybridized carbons (Fsp3) is 0.125. The van der Waals surface area contributed by atoms with Gasteiger partial charge in [0.25, 0.3) is 0 Å². The first-order valence-electron chi connectivity index (χ1n) is 9.79. The predicted molar refractivity (Wildman–Crippen MR) is 117 cm³/mol. The van der Waals surface area contributed by atoms with E-state index in [1.807, 2.05) is 30.3 Å². The summed E-state index contributed by atoms with van der Waals surface area (Å²) in [6.45, 7) is 1.51. The fourth-order valence-electron chi connectivity index (χ4n) is 3.20. The molecule has 166 valence electrons. The quantitative estimate of drug-likeness (QED) is 0.378. The number of benzene rings is 2. The third kappa shape index (κ3) is 4.19. The summed E-state index contributed by atoms with van der Waals surface area (Å²) in [7, 11) is 1.27. The van der Waals surface area contributed by atoms with Crippen molar-refractivity contribution in [3.8, 4) is 17.6 Å². The Bertz CT molecular complexity index is 1420. The van der Waals surface area contributed by atoms with Crippen LogP contribution in [0.3, 0.4) is 0 Å². The summed E-state index contributed by atoms with van der Waals surface area (Å²) >= 11 is 0. The van der Waals surface area contributed by atoms with Crippen LogP contribution in [-0.4, -0.2) is 27.4 Å². The van der Waals surface area contributed by atoms with Crippen LogP contribution in [0, 0.1) is 30.4 Å². The minimum atomic E-state index is -0.940. The molecule has 0 aliphatic heterocycles. The van der Waals surface area contributed by atoms with Crippen LogP contribution < -0.4 is 10.5 Å². The highest BCUT2D eigenvalue weighted by Crippen LogP contribution is 2.26. The lowest BCUT2D eigenvalue weighted by Crippen LogP contribution is -2.10. The number of aromatic nitrogens is 3. The molecule has 0 unspecified atom stereocenters. The molecular weight excluding hydrogens is 430 g/mol. The number of hydrogen-bond donors (Lipinski definition) is 1. The number of carbonyl (C=O) groups excluding carboxylic acids is 1. The van der Waals surface area contributed by atoms with Crippen LogP contribution in [0.2, 0.25) is 0 Å². The lowest BCUT2D eigenvalue weighted by Gasteiger charge is -2.06. The highest BCUT2D eigenvalue weighted by molar-refractivity contribution is 5.89. The molecule has 2 heterocycles. The van der Waals surface area contributed by atoms with E-state index in [0.717, 1.165) is 5.56 Å². The van der Waals surface area contributed by atoms with Gasteiger partial charge in [0, 0.05) is 12.4 Å². The van der Waals surface area contributed by atoms with Crippen molar-refractivity contribution in [2.75, 3.05) is 12.8 Å². The zero-order valence-corrected chi connectivity index (χ0v) is 17.7. The molecule has 2 N–H and O–H groups in total. The van der Waals surface area contributed by atoms with Crippen LogP contribution >= 0.6 is 0 Å². The first-order valence-corrected chi connectivity index (χ1v) is 9.79. The molecule has 4 aromatic rings. The largest absolute Gasteiger partial charge is 0.494 e. The molecule has 9 heteroatoms. The summed E-state index contributed by atoms with van der Waals surface area (Å²) < 4.78 is 40.8. The summed E-state index contributed by atoms with van der Waals surface area (Å²) in [4.78, 5) is 20.9. The van der Waals surface area contributed by atoms with E-state index in [9.17, 15) is 13.6 Å². The number of esters is 1. The second-order valence-electron chi connectivity index (χ2n) is 7.03. The summed E-state index contributed by atoms with van der Waals surface area (Å²) in [5, 5.41) is 0. The number of nitrogens with two attached hydrogens (primary N) is 1. The maximum atomic E-state index is 14.6. The number of aryl methyl sites for hydroxylation is 1. The fourth-order valence-corrected chi connectivity index (χ4v) is 3.20. The van der Waals surface area contributed by atoms with Crippen LogP contribution in [-0.2, 0) is 11.3 Å². The van der Waals surface area contributed by atoms with Crippen LogP contribution in [0.15, 0.2) is 48.8 Å². The predicted octanol–water partition coefficient (Wildman–Crippen LogP) is 3.66. The number of hydrogen-bond acceptors (Lipinski definition) is 6. The van der Waals surface area contributed by atoms with Crippen molar-refractivity contribution in [2.45, 2.75) is 13.5 Å². The second kappa shape index (κ2) is 8.96. The van der Waals surface area contributed by atoms with Gasteiger partial charge < -0.3 is 15.2 Å². The van der Waals surface area contributed by atoms with Crippen molar-refractivity contribution < 1.29 is 23.0 Å². The van der Waals surface area contributed by atoms with E-state index in [-0.39, 0.29) is 40.8 Å². The van der Waals surface area contributed by atoms with Gasteiger partial charge in [-0.3, -0.25) is 4.40 Å². The van der Waals surface area contributed by atoms with Crippen molar-refractivity contribution in [1.29, 1.82) is 0 Å². The first-order chi connectivity index (χ1) is 15.9. The van der Waals surface area contributed by atoms with Gasteiger partial charge in [0.05, 0.1) is 7.11 Å². The first kappa shape index (κ1) is 21.8. The Balaban J connectivity index is 1.76. The molecule has 2 aromatic carbocycles. The Morgan fingerprint density at radius 3 is 2.67 bits per heavy atom. The third-order valence-corrected chi connectivity index (χ3v) is 4.85. The monoisotopic (exact) mass is 448 g/mol. The van der Waals surface area contributed by atoms with Gasteiger partial charge in [0.2, 0.25) is 5.82 Å². The Morgan fingerprint density at radius 2 is 1.94 bits per heavy atom. The van der Waals surface area contributed by atoms with Crippen LogP contribution in [0.5, 0.6) is 5.75 Å². The standard InChI is InChI=1S/C24H18F2N4O3/c1-14-12-18(32-2)20(26)16(19(14)25)8-9-17-21-22(27)28-10-11-30(21)23(29-17)24(31)33-13-15-6-4-3-5-7-15/h3-7,10-12H,13H2,1-2H3,(H2,27,28). The average molecular weight is 448 g/mol. The summed E-state index contributed by atoms with van der Waals surface area (Å²) in [6, 6.07) is 10.4. The molecule has 0 radical (unpaired) electrons. The number of halogens is 2. The molecule has 33 heavy (non-hydrogen) atoms. The summed E-state index contributed by atoms with van der Waals surface area (Å²) in [5.41, 5.74) is 6.69. The number of imidazole rings is 1. The van der Waals surface area contributed by atoms with Crippen molar-refractivity contribution in [2.24, 2.45) is 0 Å². The molecule has 0 spiro atoms. The van der Waals surface area contributed by atoms with Gasteiger partial charge >= 0.3 is 5.97 Å². The van der Waals surface area contributed by atoms with Gasteiger partial charge in [-0.05, 0) is 30.0 Å². The molecule has 4 rings (SSSR count). The molecule has 0 bridgehead atoms.